The molecule has 0 unspecified atom stereocenters. The predicted octanol–water partition coefficient (Wildman–Crippen LogP) is 3.46. The molecule has 0 spiro atoms. The first kappa shape index (κ1) is 13.4. The summed E-state index contributed by atoms with van der Waals surface area (Å²) in [6.07, 6.45) is 4.72. The van der Waals surface area contributed by atoms with Gasteiger partial charge in [0.2, 0.25) is 0 Å². The van der Waals surface area contributed by atoms with Crippen molar-refractivity contribution < 1.29 is 9.90 Å². The van der Waals surface area contributed by atoms with E-state index in [1.54, 1.807) is 12.1 Å². The van der Waals surface area contributed by atoms with Crippen LogP contribution in [0, 0.1) is 5.41 Å². The van der Waals surface area contributed by atoms with Gasteiger partial charge in [-0.3, -0.25) is 4.79 Å². The monoisotopic (exact) mass is 311 g/mol. The molecule has 1 amide bonds. The van der Waals surface area contributed by atoms with E-state index in [0.29, 0.717) is 17.5 Å². The summed E-state index contributed by atoms with van der Waals surface area (Å²) in [5.41, 5.74) is 0.656. The summed E-state index contributed by atoms with van der Waals surface area (Å²) in [7, 11) is 0. The van der Waals surface area contributed by atoms with E-state index in [1.807, 2.05) is 0 Å². The predicted molar refractivity (Wildman–Crippen MR) is 74.7 cm³/mol. The van der Waals surface area contributed by atoms with Gasteiger partial charge in [0.25, 0.3) is 5.91 Å². The lowest BCUT2D eigenvalue weighted by atomic mass is 10.0. The molecule has 18 heavy (non-hydrogen) atoms. The summed E-state index contributed by atoms with van der Waals surface area (Å²) < 4.78 is 0.792. The number of halogens is 1. The second-order valence-electron chi connectivity index (χ2n) is 5.09. The molecule has 0 aromatic heterocycles. The van der Waals surface area contributed by atoms with E-state index in [9.17, 15) is 9.90 Å². The van der Waals surface area contributed by atoms with Gasteiger partial charge in [0.15, 0.2) is 0 Å². The maximum absolute atomic E-state index is 12.0. The van der Waals surface area contributed by atoms with Gasteiger partial charge < -0.3 is 10.4 Å². The van der Waals surface area contributed by atoms with E-state index in [-0.39, 0.29) is 11.7 Å². The first-order chi connectivity index (χ1) is 8.56. The smallest absolute Gasteiger partial charge is 0.255 e. The van der Waals surface area contributed by atoms with Crippen molar-refractivity contribution in [2.75, 3.05) is 6.54 Å². The van der Waals surface area contributed by atoms with Gasteiger partial charge in [-0.1, -0.05) is 29.3 Å². The lowest BCUT2D eigenvalue weighted by Gasteiger charge is -2.15. The standard InChI is InChI=1S/C14H18BrNO2/c1-2-5-14(6-7-14)9-16-13(18)11-8-10(15)3-4-12(11)17/h3-4,8,17H,2,5-7,9H2,1H3,(H,16,18). The zero-order valence-electron chi connectivity index (χ0n) is 10.5. The van der Waals surface area contributed by atoms with Gasteiger partial charge in [-0.2, -0.15) is 0 Å². The Balaban J connectivity index is 1.98. The van der Waals surface area contributed by atoms with Crippen LogP contribution in [-0.4, -0.2) is 17.6 Å². The second-order valence-corrected chi connectivity index (χ2v) is 6.01. The van der Waals surface area contributed by atoms with Gasteiger partial charge in [-0.05, 0) is 42.9 Å². The number of amides is 1. The summed E-state index contributed by atoms with van der Waals surface area (Å²) in [4.78, 5) is 12.0. The minimum Gasteiger partial charge on any atom is -0.507 e. The molecule has 0 atom stereocenters. The Kier molecular flexibility index (Phi) is 3.95. The van der Waals surface area contributed by atoms with Crippen molar-refractivity contribution in [1.82, 2.24) is 5.32 Å². The number of aromatic hydroxyl groups is 1. The lowest BCUT2D eigenvalue weighted by molar-refractivity contribution is 0.0941. The van der Waals surface area contributed by atoms with Crippen LogP contribution in [0.5, 0.6) is 5.75 Å². The van der Waals surface area contributed by atoms with Gasteiger partial charge in [-0.15, -0.1) is 0 Å². The van der Waals surface area contributed by atoms with Crippen LogP contribution in [0.4, 0.5) is 0 Å². The molecule has 1 fully saturated rings. The maximum Gasteiger partial charge on any atom is 0.255 e. The molecule has 0 heterocycles. The van der Waals surface area contributed by atoms with E-state index < -0.39 is 0 Å². The van der Waals surface area contributed by atoms with Gasteiger partial charge in [0, 0.05) is 11.0 Å². The fourth-order valence-corrected chi connectivity index (χ4v) is 2.64. The number of benzene rings is 1. The highest BCUT2D eigenvalue weighted by Crippen LogP contribution is 2.48. The highest BCUT2D eigenvalue weighted by Gasteiger charge is 2.41. The molecule has 0 saturated heterocycles. The van der Waals surface area contributed by atoms with Gasteiger partial charge in [0.1, 0.15) is 5.75 Å². The molecule has 3 nitrogen and oxygen atoms in total. The van der Waals surface area contributed by atoms with Crippen molar-refractivity contribution in [2.24, 2.45) is 5.41 Å². The van der Waals surface area contributed by atoms with Crippen molar-refractivity contribution >= 4 is 21.8 Å². The molecule has 1 aliphatic carbocycles. The molecule has 0 radical (unpaired) electrons. The Labute approximate surface area is 116 Å². The van der Waals surface area contributed by atoms with Crippen LogP contribution in [0.3, 0.4) is 0 Å². The van der Waals surface area contributed by atoms with Crippen LogP contribution in [0.1, 0.15) is 43.0 Å². The average molecular weight is 312 g/mol. The largest absolute Gasteiger partial charge is 0.507 e. The molecular formula is C14H18BrNO2. The Bertz CT molecular complexity index is 455. The highest BCUT2D eigenvalue weighted by molar-refractivity contribution is 9.10. The van der Waals surface area contributed by atoms with E-state index >= 15 is 0 Å². The Hall–Kier alpha value is -1.03. The number of carbonyl (C=O) groups is 1. The molecule has 98 valence electrons. The molecule has 1 saturated carbocycles. The van der Waals surface area contributed by atoms with Crippen LogP contribution >= 0.6 is 15.9 Å². The number of hydrogen-bond acceptors (Lipinski definition) is 2. The molecular weight excluding hydrogens is 294 g/mol. The van der Waals surface area contributed by atoms with Crippen LogP contribution in [-0.2, 0) is 0 Å². The summed E-state index contributed by atoms with van der Waals surface area (Å²) in [5.74, 6) is -0.174. The Morgan fingerprint density at radius 3 is 2.83 bits per heavy atom. The fraction of sp³-hybridized carbons (Fsp3) is 0.500. The zero-order valence-corrected chi connectivity index (χ0v) is 12.1. The molecule has 2 N–H and O–H groups in total. The van der Waals surface area contributed by atoms with E-state index in [0.717, 1.165) is 17.3 Å². The molecule has 1 aromatic carbocycles. The summed E-state index contributed by atoms with van der Waals surface area (Å²) in [6.45, 7) is 2.88. The third-order valence-corrected chi connectivity index (χ3v) is 4.06. The van der Waals surface area contributed by atoms with Gasteiger partial charge >= 0.3 is 0 Å². The number of nitrogens with one attached hydrogen (secondary N) is 1. The zero-order chi connectivity index (χ0) is 13.2. The SMILES string of the molecule is CCCC1(CNC(=O)c2cc(Br)ccc2O)CC1. The molecule has 4 heteroatoms. The number of carbonyl (C=O) groups excluding carboxylic acids is 1. The molecule has 0 aliphatic heterocycles. The van der Waals surface area contributed by atoms with E-state index in [1.165, 1.54) is 18.9 Å². The third kappa shape index (κ3) is 3.05. The molecule has 2 rings (SSSR count). The minimum atomic E-state index is -0.198. The lowest BCUT2D eigenvalue weighted by Crippen LogP contribution is -2.30. The van der Waals surface area contributed by atoms with E-state index in [2.05, 4.69) is 28.2 Å². The maximum atomic E-state index is 12.0. The van der Waals surface area contributed by atoms with Crippen molar-refractivity contribution in [2.45, 2.75) is 32.6 Å². The number of hydrogen-bond donors (Lipinski definition) is 2. The van der Waals surface area contributed by atoms with E-state index in [4.69, 9.17) is 0 Å². The number of rotatable bonds is 5. The van der Waals surface area contributed by atoms with Crippen molar-refractivity contribution in [3.63, 3.8) is 0 Å². The summed E-state index contributed by atoms with van der Waals surface area (Å²) in [5, 5.41) is 12.6. The average Bonchev–Trinajstić information content (AvgIpc) is 3.10. The Morgan fingerprint density at radius 2 is 2.22 bits per heavy atom. The molecule has 1 aromatic rings. The minimum absolute atomic E-state index is 0.0241. The van der Waals surface area contributed by atoms with Crippen LogP contribution < -0.4 is 5.32 Å². The first-order valence-corrected chi connectivity index (χ1v) is 7.12. The second kappa shape index (κ2) is 5.31. The summed E-state index contributed by atoms with van der Waals surface area (Å²) >= 11 is 3.30. The highest BCUT2D eigenvalue weighted by atomic mass is 79.9. The van der Waals surface area contributed by atoms with Crippen molar-refractivity contribution in [3.8, 4) is 5.75 Å². The quantitative estimate of drug-likeness (QED) is 0.875. The molecule has 1 aliphatic rings. The fourth-order valence-electron chi connectivity index (χ4n) is 2.28. The van der Waals surface area contributed by atoms with Crippen molar-refractivity contribution in [3.05, 3.63) is 28.2 Å². The topological polar surface area (TPSA) is 49.3 Å². The normalized spacial score (nSPS) is 16.3. The third-order valence-electron chi connectivity index (χ3n) is 3.56. The first-order valence-electron chi connectivity index (χ1n) is 6.33. The summed E-state index contributed by atoms with van der Waals surface area (Å²) in [6, 6.07) is 4.88. The van der Waals surface area contributed by atoms with Crippen LogP contribution in [0.25, 0.3) is 0 Å². The number of phenols is 1. The Morgan fingerprint density at radius 1 is 1.50 bits per heavy atom. The van der Waals surface area contributed by atoms with Crippen LogP contribution in [0.15, 0.2) is 22.7 Å². The molecule has 0 bridgehead atoms. The number of phenolic OH excluding ortho intramolecular Hbond substituents is 1. The van der Waals surface area contributed by atoms with Crippen molar-refractivity contribution in [1.29, 1.82) is 0 Å². The van der Waals surface area contributed by atoms with Gasteiger partial charge in [0.05, 0.1) is 5.56 Å². The van der Waals surface area contributed by atoms with Gasteiger partial charge in [-0.25, -0.2) is 0 Å². The van der Waals surface area contributed by atoms with Crippen LogP contribution in [0.2, 0.25) is 0 Å².